The van der Waals surface area contributed by atoms with Crippen molar-refractivity contribution in [3.8, 4) is 10.6 Å². The molecule has 1 aromatic carbocycles. The summed E-state index contributed by atoms with van der Waals surface area (Å²) in [6.45, 7) is 0. The minimum Gasteiger partial charge on any atom is -0.464 e. The zero-order chi connectivity index (χ0) is 11.5. The number of hydrogen-bond acceptors (Lipinski definition) is 4. The van der Waals surface area contributed by atoms with Crippen molar-refractivity contribution in [2.75, 3.05) is 7.11 Å². The number of thiazole rings is 1. The maximum Gasteiger partial charge on any atom is 0.357 e. The summed E-state index contributed by atoms with van der Waals surface area (Å²) in [5, 5.41) is 2.50. The number of nitrogens with zero attached hydrogens (tertiary/aromatic N) is 1. The highest BCUT2D eigenvalue weighted by atomic mass is 79.9. The molecule has 0 unspecified atom stereocenters. The quantitative estimate of drug-likeness (QED) is 0.798. The van der Waals surface area contributed by atoms with Crippen molar-refractivity contribution in [3.05, 3.63) is 39.8 Å². The summed E-state index contributed by atoms with van der Waals surface area (Å²) in [6, 6.07) is 7.78. The average Bonchev–Trinajstić information content (AvgIpc) is 2.77. The number of benzene rings is 1. The van der Waals surface area contributed by atoms with E-state index in [2.05, 4.69) is 25.7 Å². The molecule has 3 nitrogen and oxygen atoms in total. The van der Waals surface area contributed by atoms with Crippen LogP contribution >= 0.6 is 27.3 Å². The molecule has 0 amide bonds. The number of carbonyl (C=O) groups excluding carboxylic acids is 1. The molecule has 1 heterocycles. The van der Waals surface area contributed by atoms with E-state index in [1.165, 1.54) is 18.4 Å². The molecule has 0 bridgehead atoms. The van der Waals surface area contributed by atoms with Gasteiger partial charge in [-0.25, -0.2) is 9.78 Å². The average molecular weight is 298 g/mol. The fourth-order valence-corrected chi connectivity index (χ4v) is 2.41. The Morgan fingerprint density at radius 1 is 1.50 bits per heavy atom. The predicted octanol–water partition coefficient (Wildman–Crippen LogP) is 3.36. The molecule has 2 aromatic rings. The molecule has 0 radical (unpaired) electrons. The number of methoxy groups -OCH3 is 1. The molecule has 0 atom stereocenters. The number of aromatic nitrogens is 1. The largest absolute Gasteiger partial charge is 0.464 e. The van der Waals surface area contributed by atoms with Gasteiger partial charge in [0.15, 0.2) is 5.69 Å². The van der Waals surface area contributed by atoms with Crippen LogP contribution < -0.4 is 0 Å². The summed E-state index contributed by atoms with van der Waals surface area (Å²) in [5.74, 6) is -0.405. The molecule has 0 aliphatic carbocycles. The Kier molecular flexibility index (Phi) is 3.36. The minimum absolute atomic E-state index is 0.350. The van der Waals surface area contributed by atoms with Gasteiger partial charge in [-0.05, 0) is 12.1 Å². The third kappa shape index (κ3) is 2.31. The van der Waals surface area contributed by atoms with Gasteiger partial charge in [0, 0.05) is 15.4 Å². The summed E-state index contributed by atoms with van der Waals surface area (Å²) in [7, 11) is 1.35. The maximum atomic E-state index is 11.2. The van der Waals surface area contributed by atoms with Gasteiger partial charge in [0.2, 0.25) is 0 Å². The van der Waals surface area contributed by atoms with Crippen LogP contribution in [0.25, 0.3) is 10.6 Å². The summed E-state index contributed by atoms with van der Waals surface area (Å²) in [5.41, 5.74) is 1.33. The van der Waals surface area contributed by atoms with E-state index in [0.717, 1.165) is 15.0 Å². The van der Waals surface area contributed by atoms with Gasteiger partial charge < -0.3 is 4.74 Å². The molecule has 1 aromatic heterocycles. The van der Waals surface area contributed by atoms with Crippen LogP contribution in [0.2, 0.25) is 0 Å². The van der Waals surface area contributed by atoms with Crippen LogP contribution in [0.5, 0.6) is 0 Å². The summed E-state index contributed by atoms with van der Waals surface area (Å²) in [6.07, 6.45) is 0. The topological polar surface area (TPSA) is 39.2 Å². The number of halogens is 1. The van der Waals surface area contributed by atoms with Gasteiger partial charge in [-0.2, -0.15) is 0 Å². The predicted molar refractivity (Wildman–Crippen MR) is 66.6 cm³/mol. The zero-order valence-electron chi connectivity index (χ0n) is 8.44. The van der Waals surface area contributed by atoms with Crippen LogP contribution in [-0.2, 0) is 4.74 Å². The van der Waals surface area contributed by atoms with Crippen molar-refractivity contribution in [3.63, 3.8) is 0 Å². The molecule has 0 spiro atoms. The van der Waals surface area contributed by atoms with Crippen LogP contribution in [-0.4, -0.2) is 18.1 Å². The van der Waals surface area contributed by atoms with Gasteiger partial charge >= 0.3 is 5.97 Å². The fraction of sp³-hybridized carbons (Fsp3) is 0.0909. The van der Waals surface area contributed by atoms with Gasteiger partial charge in [0.25, 0.3) is 0 Å². The Hall–Kier alpha value is -1.20. The highest BCUT2D eigenvalue weighted by Crippen LogP contribution is 2.26. The summed E-state index contributed by atoms with van der Waals surface area (Å²) in [4.78, 5) is 15.5. The van der Waals surface area contributed by atoms with Crippen LogP contribution in [0, 0.1) is 0 Å². The van der Waals surface area contributed by atoms with Crippen molar-refractivity contribution in [2.45, 2.75) is 0 Å². The van der Waals surface area contributed by atoms with Crippen molar-refractivity contribution >= 4 is 33.2 Å². The lowest BCUT2D eigenvalue weighted by Gasteiger charge is -1.96. The lowest BCUT2D eigenvalue weighted by Crippen LogP contribution is -2.00. The zero-order valence-corrected chi connectivity index (χ0v) is 10.8. The van der Waals surface area contributed by atoms with Crippen LogP contribution in [0.1, 0.15) is 10.5 Å². The monoisotopic (exact) mass is 297 g/mol. The van der Waals surface area contributed by atoms with Crippen molar-refractivity contribution in [1.29, 1.82) is 0 Å². The SMILES string of the molecule is COC(=O)c1csc(-c2cccc(Br)c2)n1. The normalized spacial score (nSPS) is 10.1. The molecule has 5 heteroatoms. The van der Waals surface area contributed by atoms with Gasteiger partial charge in [-0.3, -0.25) is 0 Å². The van der Waals surface area contributed by atoms with Gasteiger partial charge in [-0.15, -0.1) is 11.3 Å². The summed E-state index contributed by atoms with van der Waals surface area (Å²) >= 11 is 4.82. The van der Waals surface area contributed by atoms with Gasteiger partial charge in [-0.1, -0.05) is 28.1 Å². The van der Waals surface area contributed by atoms with Crippen molar-refractivity contribution < 1.29 is 9.53 Å². The van der Waals surface area contributed by atoms with Crippen molar-refractivity contribution in [2.24, 2.45) is 0 Å². The molecule has 82 valence electrons. The standard InChI is InChI=1S/C11H8BrNO2S/c1-15-11(14)9-6-16-10(13-9)7-3-2-4-8(12)5-7/h2-6H,1H3. The molecule has 16 heavy (non-hydrogen) atoms. The molecule has 0 aliphatic heterocycles. The van der Waals surface area contributed by atoms with E-state index in [9.17, 15) is 4.79 Å². The highest BCUT2D eigenvalue weighted by molar-refractivity contribution is 9.10. The lowest BCUT2D eigenvalue weighted by atomic mass is 10.2. The van der Waals surface area contributed by atoms with Crippen LogP contribution in [0.4, 0.5) is 0 Å². The number of ether oxygens (including phenoxy) is 1. The number of carbonyl (C=O) groups is 1. The summed E-state index contributed by atoms with van der Waals surface area (Å²) < 4.78 is 5.59. The third-order valence-electron chi connectivity index (χ3n) is 1.97. The highest BCUT2D eigenvalue weighted by Gasteiger charge is 2.11. The first kappa shape index (κ1) is 11.3. The smallest absolute Gasteiger partial charge is 0.357 e. The first-order chi connectivity index (χ1) is 7.70. The molecule has 0 saturated heterocycles. The molecule has 2 rings (SSSR count). The van der Waals surface area contributed by atoms with Gasteiger partial charge in [0.1, 0.15) is 5.01 Å². The van der Waals surface area contributed by atoms with Crippen LogP contribution in [0.3, 0.4) is 0 Å². The van der Waals surface area contributed by atoms with Crippen molar-refractivity contribution in [1.82, 2.24) is 4.98 Å². The fourth-order valence-electron chi connectivity index (χ4n) is 1.23. The first-order valence-electron chi connectivity index (χ1n) is 4.50. The third-order valence-corrected chi connectivity index (χ3v) is 3.35. The van der Waals surface area contributed by atoms with E-state index in [4.69, 9.17) is 0 Å². The van der Waals surface area contributed by atoms with E-state index in [1.807, 2.05) is 24.3 Å². The second-order valence-electron chi connectivity index (χ2n) is 3.04. The molecular formula is C11H8BrNO2S. The Morgan fingerprint density at radius 3 is 3.00 bits per heavy atom. The Morgan fingerprint density at radius 2 is 2.31 bits per heavy atom. The van der Waals surface area contributed by atoms with E-state index in [-0.39, 0.29) is 0 Å². The van der Waals surface area contributed by atoms with E-state index >= 15 is 0 Å². The molecule has 0 saturated carbocycles. The Bertz CT molecular complexity index is 524. The van der Waals surface area contributed by atoms with E-state index in [1.54, 1.807) is 5.38 Å². The van der Waals surface area contributed by atoms with E-state index < -0.39 is 5.97 Å². The van der Waals surface area contributed by atoms with E-state index in [0.29, 0.717) is 5.69 Å². The second-order valence-corrected chi connectivity index (χ2v) is 4.81. The molecular weight excluding hydrogens is 290 g/mol. The maximum absolute atomic E-state index is 11.2. The Balaban J connectivity index is 2.35. The first-order valence-corrected chi connectivity index (χ1v) is 6.18. The van der Waals surface area contributed by atoms with Gasteiger partial charge in [0.05, 0.1) is 7.11 Å². The molecule has 0 fully saturated rings. The molecule has 0 aliphatic rings. The number of rotatable bonds is 2. The second kappa shape index (κ2) is 4.76. The lowest BCUT2D eigenvalue weighted by molar-refractivity contribution is 0.0595. The minimum atomic E-state index is -0.405. The molecule has 0 N–H and O–H groups in total. The Labute approximate surface area is 105 Å². The van der Waals surface area contributed by atoms with Crippen LogP contribution in [0.15, 0.2) is 34.1 Å². The number of hydrogen-bond donors (Lipinski definition) is 0. The number of esters is 1.